The third-order valence-corrected chi connectivity index (χ3v) is 10.8. The molecule has 10 nitrogen and oxygen atoms in total. The Morgan fingerprint density at radius 1 is 0.894 bits per heavy atom. The molecule has 0 spiro atoms. The lowest BCUT2D eigenvalue weighted by Crippen LogP contribution is -2.53. The minimum Gasteiger partial charge on any atom is -0.495 e. The van der Waals surface area contributed by atoms with Crippen LogP contribution in [0.5, 0.6) is 17.2 Å². The number of nitrogens with one attached hydrogen (secondary N) is 1. The van der Waals surface area contributed by atoms with Gasteiger partial charge in [-0.05, 0) is 61.7 Å². The number of hydrogen-bond acceptors (Lipinski definition) is 7. The number of benzene rings is 3. The lowest BCUT2D eigenvalue weighted by atomic mass is 10.1. The Hall–Kier alpha value is -3.38. The zero-order valence-corrected chi connectivity index (χ0v) is 29.7. The van der Waals surface area contributed by atoms with E-state index in [0.29, 0.717) is 21.4 Å². The first-order chi connectivity index (χ1) is 22.4. The molecule has 47 heavy (non-hydrogen) atoms. The Morgan fingerprint density at radius 3 is 2.11 bits per heavy atom. The van der Waals surface area contributed by atoms with Crippen LogP contribution in [0.1, 0.15) is 44.6 Å². The molecule has 2 amide bonds. The summed E-state index contributed by atoms with van der Waals surface area (Å²) < 4.78 is 46.0. The molecule has 1 atom stereocenters. The second-order valence-corrected chi connectivity index (χ2v) is 14.1. The highest BCUT2D eigenvalue weighted by atomic mass is 35.5. The van der Waals surface area contributed by atoms with Crippen LogP contribution in [-0.4, -0.2) is 65.1 Å². The summed E-state index contributed by atoms with van der Waals surface area (Å²) in [7, 11) is -0.299. The summed E-state index contributed by atoms with van der Waals surface area (Å²) in [6.45, 7) is 0.916. The van der Waals surface area contributed by atoms with E-state index in [1.807, 2.05) is 0 Å². The van der Waals surface area contributed by atoms with Crippen molar-refractivity contribution in [3.63, 3.8) is 0 Å². The van der Waals surface area contributed by atoms with Crippen molar-refractivity contribution in [1.82, 2.24) is 10.2 Å². The molecule has 14 heteroatoms. The Labute approximate surface area is 290 Å². The average molecular weight is 727 g/mol. The molecular weight excluding hydrogens is 689 g/mol. The van der Waals surface area contributed by atoms with Crippen LogP contribution in [0.4, 0.5) is 5.69 Å². The van der Waals surface area contributed by atoms with Gasteiger partial charge in [-0.15, -0.1) is 0 Å². The van der Waals surface area contributed by atoms with Crippen LogP contribution in [0.15, 0.2) is 59.5 Å². The Bertz CT molecular complexity index is 1680. The highest BCUT2D eigenvalue weighted by Crippen LogP contribution is 2.37. The number of halogens is 3. The number of hydrogen-bond donors (Lipinski definition) is 1. The van der Waals surface area contributed by atoms with Crippen molar-refractivity contribution in [3.8, 4) is 17.2 Å². The fraction of sp³-hybridized carbons (Fsp3) is 0.394. The molecule has 0 aliphatic heterocycles. The molecule has 1 N–H and O–H groups in total. The van der Waals surface area contributed by atoms with Gasteiger partial charge in [0, 0.05) is 39.3 Å². The quantitative estimate of drug-likeness (QED) is 0.196. The lowest BCUT2D eigenvalue weighted by Gasteiger charge is -2.34. The smallest absolute Gasteiger partial charge is 0.265 e. The molecule has 0 bridgehead atoms. The number of ether oxygens (including phenoxy) is 3. The van der Waals surface area contributed by atoms with E-state index in [0.717, 1.165) is 30.0 Å². The Kier molecular flexibility index (Phi) is 12.5. The first-order valence-corrected chi connectivity index (χ1v) is 17.6. The molecule has 1 saturated carbocycles. The predicted octanol–water partition coefficient (Wildman–Crippen LogP) is 6.73. The molecule has 3 aromatic rings. The molecule has 1 unspecified atom stereocenters. The number of methoxy groups -OCH3 is 3. The predicted molar refractivity (Wildman–Crippen MR) is 184 cm³/mol. The number of nitrogens with zero attached hydrogens (tertiary/aromatic N) is 2. The van der Waals surface area contributed by atoms with Gasteiger partial charge >= 0.3 is 0 Å². The normalized spacial score (nSPS) is 13.9. The zero-order valence-electron chi connectivity index (χ0n) is 26.6. The van der Waals surface area contributed by atoms with Gasteiger partial charge in [0.15, 0.2) is 11.5 Å². The summed E-state index contributed by atoms with van der Waals surface area (Å²) in [5.41, 5.74) is 0.438. The van der Waals surface area contributed by atoms with Crippen molar-refractivity contribution in [2.75, 3.05) is 32.2 Å². The average Bonchev–Trinajstić information content (AvgIpc) is 3.57. The molecule has 1 aliphatic rings. The summed E-state index contributed by atoms with van der Waals surface area (Å²) in [5.74, 6) is -0.386. The van der Waals surface area contributed by atoms with E-state index in [1.165, 1.54) is 56.6 Å². The summed E-state index contributed by atoms with van der Waals surface area (Å²) in [5, 5.41) is 3.89. The van der Waals surface area contributed by atoms with Gasteiger partial charge in [-0.2, -0.15) is 0 Å². The number of anilines is 1. The van der Waals surface area contributed by atoms with Crippen LogP contribution in [0, 0.1) is 0 Å². The second-order valence-electron chi connectivity index (χ2n) is 11.0. The van der Waals surface area contributed by atoms with Gasteiger partial charge in [0.25, 0.3) is 10.0 Å². The maximum atomic E-state index is 14.5. The van der Waals surface area contributed by atoms with Crippen molar-refractivity contribution in [2.45, 2.75) is 62.6 Å². The molecular formula is C33H38Cl3N3O7S. The third kappa shape index (κ3) is 8.38. The molecule has 4 rings (SSSR count). The van der Waals surface area contributed by atoms with E-state index < -0.39 is 28.5 Å². The van der Waals surface area contributed by atoms with Crippen LogP contribution < -0.4 is 23.8 Å². The van der Waals surface area contributed by atoms with Crippen molar-refractivity contribution in [1.29, 1.82) is 0 Å². The van der Waals surface area contributed by atoms with Gasteiger partial charge in [0.1, 0.15) is 18.3 Å². The first kappa shape index (κ1) is 36.5. The monoisotopic (exact) mass is 725 g/mol. The van der Waals surface area contributed by atoms with E-state index in [4.69, 9.17) is 49.0 Å². The highest BCUT2D eigenvalue weighted by molar-refractivity contribution is 7.92. The molecule has 1 fully saturated rings. The van der Waals surface area contributed by atoms with Gasteiger partial charge < -0.3 is 24.4 Å². The van der Waals surface area contributed by atoms with E-state index in [-0.39, 0.29) is 52.0 Å². The van der Waals surface area contributed by atoms with Crippen molar-refractivity contribution >= 4 is 62.3 Å². The van der Waals surface area contributed by atoms with Crippen molar-refractivity contribution in [3.05, 3.63) is 75.2 Å². The molecule has 1 aliphatic carbocycles. The first-order valence-electron chi connectivity index (χ1n) is 15.1. The largest absolute Gasteiger partial charge is 0.495 e. The van der Waals surface area contributed by atoms with Crippen molar-refractivity contribution < 1.29 is 32.2 Å². The summed E-state index contributed by atoms with van der Waals surface area (Å²) in [6.07, 6.45) is 3.94. The van der Waals surface area contributed by atoms with Crippen LogP contribution >= 0.6 is 34.8 Å². The Balaban J connectivity index is 1.83. The molecule has 254 valence electrons. The third-order valence-electron chi connectivity index (χ3n) is 8.11. The standard InChI is InChI=1S/C33H38Cl3N3O7S/c1-5-27(33(41)37-22-9-6-7-10-22)38(19-24-25(35)11-8-12-26(24)36)32(40)20-39(28-17-21(34)13-15-29(28)44-2)47(42,43)23-14-16-30(45-3)31(18-23)46-4/h8,11-18,22,27H,5-7,9-10,19-20H2,1-4H3,(H,37,41). The number of carbonyl (C=O) groups is 2. The lowest BCUT2D eigenvalue weighted by molar-refractivity contribution is -0.140. The van der Waals surface area contributed by atoms with E-state index in [1.54, 1.807) is 31.2 Å². The highest BCUT2D eigenvalue weighted by Gasteiger charge is 2.36. The van der Waals surface area contributed by atoms with Gasteiger partial charge in [-0.1, -0.05) is 60.6 Å². The van der Waals surface area contributed by atoms with Crippen molar-refractivity contribution in [2.24, 2.45) is 0 Å². The maximum Gasteiger partial charge on any atom is 0.265 e. The van der Waals surface area contributed by atoms with E-state index in [9.17, 15) is 18.0 Å². The number of rotatable bonds is 14. The topological polar surface area (TPSA) is 114 Å². The van der Waals surface area contributed by atoms with E-state index in [2.05, 4.69) is 5.32 Å². The van der Waals surface area contributed by atoms with Gasteiger partial charge in [0.05, 0.1) is 31.9 Å². The molecule has 0 aromatic heterocycles. The van der Waals surface area contributed by atoms with Gasteiger partial charge in [-0.25, -0.2) is 8.42 Å². The van der Waals surface area contributed by atoms with Crippen LogP contribution in [0.2, 0.25) is 15.1 Å². The fourth-order valence-electron chi connectivity index (χ4n) is 5.62. The molecule has 0 radical (unpaired) electrons. The molecule has 0 heterocycles. The Morgan fingerprint density at radius 2 is 1.51 bits per heavy atom. The van der Waals surface area contributed by atoms with Crippen LogP contribution in [0.25, 0.3) is 0 Å². The summed E-state index contributed by atoms with van der Waals surface area (Å²) >= 11 is 19.4. The van der Waals surface area contributed by atoms with Crippen LogP contribution in [0.3, 0.4) is 0 Å². The number of carbonyl (C=O) groups excluding carboxylic acids is 2. The molecule has 3 aromatic carbocycles. The SMILES string of the molecule is CCC(C(=O)NC1CCCC1)N(Cc1c(Cl)cccc1Cl)C(=O)CN(c1cc(Cl)ccc1OC)S(=O)(=O)c1ccc(OC)c(OC)c1. The fourth-order valence-corrected chi connectivity index (χ4v) is 7.73. The van der Waals surface area contributed by atoms with Gasteiger partial charge in [-0.3, -0.25) is 13.9 Å². The maximum absolute atomic E-state index is 14.5. The van der Waals surface area contributed by atoms with Crippen LogP contribution in [-0.2, 0) is 26.2 Å². The number of sulfonamides is 1. The summed E-state index contributed by atoms with van der Waals surface area (Å²) in [4.78, 5) is 29.4. The van der Waals surface area contributed by atoms with E-state index >= 15 is 0 Å². The molecule has 0 saturated heterocycles. The van der Waals surface area contributed by atoms with Gasteiger partial charge in [0.2, 0.25) is 11.8 Å². The minimum absolute atomic E-state index is 0.00458. The number of amides is 2. The summed E-state index contributed by atoms with van der Waals surface area (Å²) in [6, 6.07) is 12.5. The second kappa shape index (κ2) is 16.1. The minimum atomic E-state index is -4.49. The zero-order chi connectivity index (χ0) is 34.3.